The largest absolute Gasteiger partial charge is 0.494 e. The maximum atomic E-state index is 6.24. The summed E-state index contributed by atoms with van der Waals surface area (Å²) in [6.07, 6.45) is 5.56. The van der Waals surface area contributed by atoms with Crippen LogP contribution in [0.3, 0.4) is 0 Å². The molecule has 4 heteroatoms. The normalized spacial score (nSPS) is 17.8. The first kappa shape index (κ1) is 27.3. The van der Waals surface area contributed by atoms with E-state index in [1.165, 1.54) is 0 Å². The molecule has 0 amide bonds. The lowest BCUT2D eigenvalue weighted by atomic mass is 9.78. The van der Waals surface area contributed by atoms with Gasteiger partial charge in [0.1, 0.15) is 0 Å². The Kier molecular flexibility index (Phi) is 7.87. The van der Waals surface area contributed by atoms with Crippen molar-refractivity contribution in [2.24, 2.45) is 4.99 Å². The summed E-state index contributed by atoms with van der Waals surface area (Å²) in [7, 11) is -0.406. The molecule has 4 rings (SSSR count). The molecule has 0 atom stereocenters. The lowest BCUT2D eigenvalue weighted by Gasteiger charge is -2.32. The van der Waals surface area contributed by atoms with E-state index < -0.39 is 7.12 Å². The van der Waals surface area contributed by atoms with Crippen molar-refractivity contribution in [2.45, 2.75) is 45.8 Å². The van der Waals surface area contributed by atoms with Gasteiger partial charge in [-0.2, -0.15) is 0 Å². The van der Waals surface area contributed by atoms with Crippen LogP contribution in [0.25, 0.3) is 17.8 Å². The van der Waals surface area contributed by atoms with Crippen LogP contribution in [0.5, 0.6) is 0 Å². The van der Waals surface area contributed by atoms with Gasteiger partial charge in [0.25, 0.3) is 0 Å². The van der Waals surface area contributed by atoms with Crippen molar-refractivity contribution in [1.82, 2.24) is 0 Å². The maximum absolute atomic E-state index is 6.24. The van der Waals surface area contributed by atoms with Crippen molar-refractivity contribution in [2.75, 3.05) is 0 Å². The molecular weight excluding hydrogens is 465 g/mol. The highest BCUT2D eigenvalue weighted by molar-refractivity contribution is 6.62. The van der Waals surface area contributed by atoms with Crippen LogP contribution in [0.4, 0.5) is 0 Å². The zero-order chi connectivity index (χ0) is 27.5. The van der Waals surface area contributed by atoms with Gasteiger partial charge < -0.3 is 9.31 Å². The maximum Gasteiger partial charge on any atom is 0.494 e. The molecule has 3 nitrogen and oxygen atoms in total. The SMILES string of the molecule is C=C/C=C(\C=C)c1ccc(C(C)=N/C(c2ccc(B3OC(C)(C)C(C)(C)O3)cc2)=c2/ccccc2=C)cc1. The van der Waals surface area contributed by atoms with Gasteiger partial charge in [-0.05, 0) is 62.0 Å². The van der Waals surface area contributed by atoms with Crippen LogP contribution >= 0.6 is 0 Å². The highest BCUT2D eigenvalue weighted by Gasteiger charge is 2.51. The van der Waals surface area contributed by atoms with Crippen LogP contribution in [0.2, 0.25) is 0 Å². The molecular formula is C34H36BNO2. The fraction of sp³-hybridized carbons (Fsp3) is 0.206. The molecule has 0 radical (unpaired) electrons. The molecule has 192 valence electrons. The minimum atomic E-state index is -0.406. The lowest BCUT2D eigenvalue weighted by molar-refractivity contribution is 0.00578. The average molecular weight is 501 g/mol. The predicted molar refractivity (Wildman–Crippen MR) is 163 cm³/mol. The Morgan fingerprint density at radius 3 is 1.89 bits per heavy atom. The first-order valence-electron chi connectivity index (χ1n) is 12.9. The summed E-state index contributed by atoms with van der Waals surface area (Å²) < 4.78 is 12.5. The number of nitrogens with zero attached hydrogens (tertiary/aromatic N) is 1. The standard InChI is InChI=1S/C34H36BNO2/c1-9-13-26(10-2)28-18-16-27(17-19-28)25(4)36-32(31-15-12-11-14-24(31)3)29-20-22-30(23-21-29)35-37-33(5,6)34(7,8)38-35/h9-23H,1-3H2,4-8H3/b26-13+,32-31-,36-25?. The molecule has 1 saturated heterocycles. The molecule has 0 N–H and O–H groups in total. The third-order valence-electron chi connectivity index (χ3n) is 7.41. The van der Waals surface area contributed by atoms with Crippen molar-refractivity contribution in [3.8, 4) is 0 Å². The van der Waals surface area contributed by atoms with E-state index in [-0.39, 0.29) is 11.2 Å². The van der Waals surface area contributed by atoms with Crippen LogP contribution in [0, 0.1) is 0 Å². The second-order valence-electron chi connectivity index (χ2n) is 10.6. The van der Waals surface area contributed by atoms with Crippen LogP contribution in [-0.2, 0) is 9.31 Å². The van der Waals surface area contributed by atoms with Gasteiger partial charge in [-0.15, -0.1) is 0 Å². The van der Waals surface area contributed by atoms with Crippen LogP contribution in [-0.4, -0.2) is 24.0 Å². The summed E-state index contributed by atoms with van der Waals surface area (Å²) in [4.78, 5) is 5.13. The van der Waals surface area contributed by atoms with E-state index in [2.05, 4.69) is 102 Å². The Balaban J connectivity index is 1.73. The summed E-state index contributed by atoms with van der Waals surface area (Å²) in [5.74, 6) is 0. The molecule has 0 spiro atoms. The van der Waals surface area contributed by atoms with E-state index in [9.17, 15) is 0 Å². The van der Waals surface area contributed by atoms with Gasteiger partial charge in [0.15, 0.2) is 0 Å². The van der Waals surface area contributed by atoms with Crippen molar-refractivity contribution in [3.05, 3.63) is 131 Å². The second kappa shape index (κ2) is 10.9. The number of benzene rings is 3. The number of rotatable bonds is 7. The first-order chi connectivity index (χ1) is 18.1. The number of aliphatic imine (C=N–C) groups is 1. The third-order valence-corrected chi connectivity index (χ3v) is 7.41. The Hall–Kier alpha value is -3.73. The van der Waals surface area contributed by atoms with Gasteiger partial charge in [0, 0.05) is 16.5 Å². The van der Waals surface area contributed by atoms with E-state index in [4.69, 9.17) is 14.3 Å². The van der Waals surface area contributed by atoms with Gasteiger partial charge in [-0.1, -0.05) is 111 Å². The fourth-order valence-electron chi connectivity index (χ4n) is 4.35. The van der Waals surface area contributed by atoms with Crippen molar-refractivity contribution in [1.29, 1.82) is 0 Å². The van der Waals surface area contributed by atoms with E-state index in [0.717, 1.165) is 49.6 Å². The predicted octanol–water partition coefficient (Wildman–Crippen LogP) is 5.82. The zero-order valence-electron chi connectivity index (χ0n) is 23.1. The summed E-state index contributed by atoms with van der Waals surface area (Å²) in [6, 6.07) is 24.7. The highest BCUT2D eigenvalue weighted by Crippen LogP contribution is 2.36. The molecule has 1 aliphatic heterocycles. The van der Waals surface area contributed by atoms with Gasteiger partial charge in [0.2, 0.25) is 0 Å². The van der Waals surface area contributed by atoms with Gasteiger partial charge in [-0.3, -0.25) is 4.99 Å². The molecule has 0 aromatic heterocycles. The van der Waals surface area contributed by atoms with Crippen LogP contribution < -0.4 is 15.9 Å². The van der Waals surface area contributed by atoms with Crippen molar-refractivity contribution < 1.29 is 9.31 Å². The van der Waals surface area contributed by atoms with Crippen LogP contribution in [0.15, 0.2) is 109 Å². The molecule has 1 heterocycles. The summed E-state index contributed by atoms with van der Waals surface area (Å²) in [6.45, 7) is 22.3. The Morgan fingerprint density at radius 2 is 1.34 bits per heavy atom. The first-order valence-corrected chi connectivity index (χ1v) is 12.9. The topological polar surface area (TPSA) is 30.8 Å². The average Bonchev–Trinajstić information content (AvgIpc) is 3.13. The molecule has 0 bridgehead atoms. The van der Waals surface area contributed by atoms with Crippen molar-refractivity contribution >= 4 is 36.1 Å². The Morgan fingerprint density at radius 1 is 0.789 bits per heavy atom. The molecule has 3 aromatic carbocycles. The minimum Gasteiger partial charge on any atom is -0.399 e. The van der Waals surface area contributed by atoms with E-state index in [0.29, 0.717) is 0 Å². The van der Waals surface area contributed by atoms with E-state index >= 15 is 0 Å². The highest BCUT2D eigenvalue weighted by atomic mass is 16.7. The molecule has 0 unspecified atom stereocenters. The molecule has 1 fully saturated rings. The smallest absolute Gasteiger partial charge is 0.399 e. The number of hydrogen-bond acceptors (Lipinski definition) is 3. The Labute approximate surface area is 227 Å². The fourth-order valence-corrected chi connectivity index (χ4v) is 4.35. The molecule has 0 saturated carbocycles. The van der Waals surface area contributed by atoms with E-state index in [1.54, 1.807) is 6.08 Å². The number of allylic oxidation sites excluding steroid dienone is 4. The number of hydrogen-bond donors (Lipinski definition) is 0. The molecule has 38 heavy (non-hydrogen) atoms. The quantitative estimate of drug-likeness (QED) is 0.232. The minimum absolute atomic E-state index is 0.384. The van der Waals surface area contributed by atoms with Crippen molar-refractivity contribution in [3.63, 3.8) is 0 Å². The molecule has 1 aliphatic rings. The van der Waals surface area contributed by atoms with Gasteiger partial charge in [0.05, 0.1) is 16.9 Å². The Bertz CT molecular complexity index is 1490. The lowest BCUT2D eigenvalue weighted by Crippen LogP contribution is -2.41. The molecule has 0 aliphatic carbocycles. The third kappa shape index (κ3) is 5.57. The molecule has 3 aromatic rings. The monoisotopic (exact) mass is 501 g/mol. The summed E-state index contributed by atoms with van der Waals surface area (Å²) in [5.41, 5.74) is 6.16. The van der Waals surface area contributed by atoms with Crippen LogP contribution in [0.1, 0.15) is 51.3 Å². The van der Waals surface area contributed by atoms with Gasteiger partial charge >= 0.3 is 7.12 Å². The second-order valence-corrected chi connectivity index (χ2v) is 10.6. The summed E-state index contributed by atoms with van der Waals surface area (Å²) in [5, 5.41) is 1.92. The zero-order valence-corrected chi connectivity index (χ0v) is 23.1. The van der Waals surface area contributed by atoms with Gasteiger partial charge in [-0.25, -0.2) is 0 Å². The summed E-state index contributed by atoms with van der Waals surface area (Å²) >= 11 is 0. The van der Waals surface area contributed by atoms with E-state index in [1.807, 2.05) is 37.3 Å².